The van der Waals surface area contributed by atoms with E-state index in [1.165, 1.54) is 31.2 Å². The summed E-state index contributed by atoms with van der Waals surface area (Å²) in [4.78, 5) is 22.3. The summed E-state index contributed by atoms with van der Waals surface area (Å²) in [6, 6.07) is 4.97. The molecule has 1 saturated heterocycles. The van der Waals surface area contributed by atoms with Gasteiger partial charge in [-0.25, -0.2) is 25.9 Å². The Bertz CT molecular complexity index is 846. The highest BCUT2D eigenvalue weighted by atomic mass is 32.2. The van der Waals surface area contributed by atoms with Gasteiger partial charge in [0.05, 0.1) is 16.3 Å². The van der Waals surface area contributed by atoms with Gasteiger partial charge in [0.1, 0.15) is 0 Å². The average Bonchev–Trinajstić information content (AvgIpc) is 2.77. The van der Waals surface area contributed by atoms with Crippen molar-refractivity contribution in [3.8, 4) is 0 Å². The van der Waals surface area contributed by atoms with E-state index in [1.54, 1.807) is 0 Å². The topological polar surface area (TPSA) is 130 Å². The van der Waals surface area contributed by atoms with Crippen LogP contribution in [0.1, 0.15) is 13.3 Å². The summed E-state index contributed by atoms with van der Waals surface area (Å²) in [5, 5.41) is 2.45. The Morgan fingerprint density at radius 3 is 2.33 bits per heavy atom. The number of sulfonamides is 2. The van der Waals surface area contributed by atoms with Crippen LogP contribution in [-0.2, 0) is 29.6 Å². The highest BCUT2D eigenvalue weighted by molar-refractivity contribution is 7.94. The first-order valence-electron chi connectivity index (χ1n) is 7.03. The second kappa shape index (κ2) is 6.87. The second-order valence-electron chi connectivity index (χ2n) is 5.10. The van der Waals surface area contributed by atoms with Crippen molar-refractivity contribution >= 4 is 37.5 Å². The van der Waals surface area contributed by atoms with Gasteiger partial charge in [-0.05, 0) is 24.3 Å². The molecule has 0 spiro atoms. The van der Waals surface area contributed by atoms with E-state index in [2.05, 4.69) is 10.0 Å². The Morgan fingerprint density at radius 2 is 1.83 bits per heavy atom. The first kappa shape index (κ1) is 18.4. The van der Waals surface area contributed by atoms with E-state index in [-0.39, 0.29) is 41.8 Å². The van der Waals surface area contributed by atoms with Gasteiger partial charge in [0.2, 0.25) is 31.9 Å². The molecule has 132 valence electrons. The van der Waals surface area contributed by atoms with Crippen molar-refractivity contribution in [3.05, 3.63) is 24.3 Å². The summed E-state index contributed by atoms with van der Waals surface area (Å²) in [5.41, 5.74) is 0.106. The summed E-state index contributed by atoms with van der Waals surface area (Å²) in [7, 11) is -7.48. The third kappa shape index (κ3) is 4.10. The zero-order valence-corrected chi connectivity index (χ0v) is 14.5. The lowest BCUT2D eigenvalue weighted by Crippen LogP contribution is -2.33. The number of hydrogen-bond donors (Lipinski definition) is 2. The van der Waals surface area contributed by atoms with E-state index in [9.17, 15) is 26.4 Å². The maximum atomic E-state index is 12.1. The van der Waals surface area contributed by atoms with Crippen LogP contribution in [0, 0.1) is 0 Å². The average molecular weight is 375 g/mol. The standard InChI is InChI=1S/C13H17N3O6S2/c1-10(17)14-7-8-15-24(21,22)12-4-2-11(3-5-12)16-13(18)6-9-23(16,19)20/h2-5,15H,6-9H2,1H3,(H,14,17). The minimum absolute atomic E-state index is 0.0165. The van der Waals surface area contributed by atoms with E-state index in [1.807, 2.05) is 0 Å². The SMILES string of the molecule is CC(=O)NCCNS(=O)(=O)c1ccc(N2C(=O)CCS2(=O)=O)cc1. The second-order valence-corrected chi connectivity index (χ2v) is 8.80. The molecule has 0 bridgehead atoms. The molecule has 11 heteroatoms. The third-order valence-electron chi connectivity index (χ3n) is 3.25. The minimum atomic E-state index is -3.79. The van der Waals surface area contributed by atoms with Crippen LogP contribution >= 0.6 is 0 Å². The molecule has 0 radical (unpaired) electrons. The van der Waals surface area contributed by atoms with Crippen LogP contribution in [0.5, 0.6) is 0 Å². The summed E-state index contributed by atoms with van der Waals surface area (Å²) in [5.74, 6) is -1.06. The number of carbonyl (C=O) groups is 2. The number of anilines is 1. The van der Waals surface area contributed by atoms with Crippen molar-refractivity contribution in [2.45, 2.75) is 18.2 Å². The molecule has 2 N–H and O–H groups in total. The van der Waals surface area contributed by atoms with Gasteiger partial charge < -0.3 is 5.32 Å². The van der Waals surface area contributed by atoms with Crippen LogP contribution in [0.25, 0.3) is 0 Å². The van der Waals surface area contributed by atoms with Crippen molar-refractivity contribution in [3.63, 3.8) is 0 Å². The number of amides is 2. The van der Waals surface area contributed by atoms with Crippen LogP contribution in [0.15, 0.2) is 29.2 Å². The Labute approximate surface area is 140 Å². The fourth-order valence-corrected chi connectivity index (χ4v) is 4.63. The molecular formula is C13H17N3O6S2. The summed E-state index contributed by atoms with van der Waals surface area (Å²) < 4.78 is 50.8. The number of benzene rings is 1. The van der Waals surface area contributed by atoms with Gasteiger partial charge in [-0.1, -0.05) is 0 Å². The molecule has 0 aliphatic carbocycles. The lowest BCUT2D eigenvalue weighted by molar-refractivity contribution is -0.119. The number of hydrogen-bond acceptors (Lipinski definition) is 6. The highest BCUT2D eigenvalue weighted by Gasteiger charge is 2.36. The van der Waals surface area contributed by atoms with Crippen LogP contribution in [0.3, 0.4) is 0 Å². The van der Waals surface area contributed by atoms with Gasteiger partial charge in [-0.15, -0.1) is 0 Å². The van der Waals surface area contributed by atoms with Crippen LogP contribution < -0.4 is 14.3 Å². The zero-order chi connectivity index (χ0) is 18.0. The van der Waals surface area contributed by atoms with Crippen LogP contribution in [0.2, 0.25) is 0 Å². The molecule has 1 aromatic carbocycles. The van der Waals surface area contributed by atoms with Gasteiger partial charge in [-0.2, -0.15) is 0 Å². The maximum Gasteiger partial charge on any atom is 0.242 e. The number of carbonyl (C=O) groups excluding carboxylic acids is 2. The molecule has 1 aliphatic rings. The Morgan fingerprint density at radius 1 is 1.21 bits per heavy atom. The fraction of sp³-hybridized carbons (Fsp3) is 0.385. The first-order valence-corrected chi connectivity index (χ1v) is 10.1. The maximum absolute atomic E-state index is 12.1. The number of nitrogens with one attached hydrogen (secondary N) is 2. The van der Waals surface area contributed by atoms with E-state index in [0.717, 1.165) is 0 Å². The van der Waals surface area contributed by atoms with Gasteiger partial charge in [0.25, 0.3) is 0 Å². The molecular weight excluding hydrogens is 358 g/mol. The number of rotatable bonds is 6. The number of nitrogens with zero attached hydrogens (tertiary/aromatic N) is 1. The highest BCUT2D eigenvalue weighted by Crippen LogP contribution is 2.26. The monoisotopic (exact) mass is 375 g/mol. The molecule has 24 heavy (non-hydrogen) atoms. The Hall–Kier alpha value is -1.98. The summed E-state index contributed by atoms with van der Waals surface area (Å²) in [6.45, 7) is 1.48. The van der Waals surface area contributed by atoms with Gasteiger partial charge in [0.15, 0.2) is 0 Å². The lowest BCUT2D eigenvalue weighted by Gasteiger charge is -2.15. The van der Waals surface area contributed by atoms with Crippen LogP contribution in [0.4, 0.5) is 5.69 Å². The largest absolute Gasteiger partial charge is 0.355 e. The summed E-state index contributed by atoms with van der Waals surface area (Å²) in [6.07, 6.45) is -0.0902. The smallest absolute Gasteiger partial charge is 0.242 e. The van der Waals surface area contributed by atoms with E-state index >= 15 is 0 Å². The quantitative estimate of drug-likeness (QED) is 0.624. The molecule has 2 rings (SSSR count). The molecule has 1 aliphatic heterocycles. The lowest BCUT2D eigenvalue weighted by atomic mass is 10.3. The molecule has 1 fully saturated rings. The van der Waals surface area contributed by atoms with Gasteiger partial charge in [0, 0.05) is 26.4 Å². The van der Waals surface area contributed by atoms with Crippen molar-refractivity contribution in [1.82, 2.24) is 10.0 Å². The fourth-order valence-electron chi connectivity index (χ4n) is 2.14. The van der Waals surface area contributed by atoms with E-state index in [4.69, 9.17) is 0 Å². The van der Waals surface area contributed by atoms with E-state index < -0.39 is 26.0 Å². The van der Waals surface area contributed by atoms with Crippen molar-refractivity contribution in [2.75, 3.05) is 23.1 Å². The van der Waals surface area contributed by atoms with E-state index in [0.29, 0.717) is 4.31 Å². The minimum Gasteiger partial charge on any atom is -0.355 e. The Kier molecular flexibility index (Phi) is 5.26. The molecule has 1 aromatic rings. The molecule has 2 amide bonds. The van der Waals surface area contributed by atoms with Gasteiger partial charge >= 0.3 is 0 Å². The molecule has 9 nitrogen and oxygen atoms in total. The molecule has 0 atom stereocenters. The molecule has 0 aromatic heterocycles. The van der Waals surface area contributed by atoms with Gasteiger partial charge in [-0.3, -0.25) is 9.59 Å². The van der Waals surface area contributed by atoms with Crippen molar-refractivity contribution in [2.24, 2.45) is 0 Å². The predicted molar refractivity (Wildman–Crippen MR) is 86.2 cm³/mol. The molecule has 0 saturated carbocycles. The summed E-state index contributed by atoms with van der Waals surface area (Å²) >= 11 is 0. The predicted octanol–water partition coefficient (Wildman–Crippen LogP) is -0.832. The Balaban J connectivity index is 2.11. The normalized spacial score (nSPS) is 17.0. The van der Waals surface area contributed by atoms with Crippen molar-refractivity contribution in [1.29, 1.82) is 0 Å². The van der Waals surface area contributed by atoms with Crippen LogP contribution in [-0.4, -0.2) is 47.5 Å². The van der Waals surface area contributed by atoms with Crippen molar-refractivity contribution < 1.29 is 26.4 Å². The first-order chi connectivity index (χ1) is 11.1. The molecule has 1 heterocycles. The zero-order valence-electron chi connectivity index (χ0n) is 12.9. The molecule has 0 unspecified atom stereocenters. The third-order valence-corrected chi connectivity index (χ3v) is 6.42.